The van der Waals surface area contributed by atoms with Gasteiger partial charge in [0, 0.05) is 11.4 Å². The molecule has 1 unspecified atom stereocenters. The summed E-state index contributed by atoms with van der Waals surface area (Å²) in [5.74, 6) is 0.582. The second-order valence-electron chi connectivity index (χ2n) is 5.20. The zero-order valence-corrected chi connectivity index (χ0v) is 13.2. The summed E-state index contributed by atoms with van der Waals surface area (Å²) in [6.07, 6.45) is 0.507. The molecule has 4 nitrogen and oxygen atoms in total. The van der Waals surface area contributed by atoms with Crippen LogP contribution in [0.5, 0.6) is 0 Å². The van der Waals surface area contributed by atoms with Crippen LogP contribution in [0.2, 0.25) is 0 Å². The number of para-hydroxylation sites is 1. The molecule has 0 saturated carbocycles. The van der Waals surface area contributed by atoms with Crippen LogP contribution in [0.4, 0.5) is 0 Å². The van der Waals surface area contributed by atoms with E-state index in [1.54, 1.807) is 0 Å². The average molecular weight is 316 g/mol. The molecular weight excluding hydrogens is 298 g/mol. The van der Waals surface area contributed by atoms with Gasteiger partial charge in [-0.3, -0.25) is 0 Å². The van der Waals surface area contributed by atoms with Gasteiger partial charge in [0.05, 0.1) is 12.1 Å². The van der Waals surface area contributed by atoms with Crippen molar-refractivity contribution in [2.24, 2.45) is 0 Å². The lowest BCUT2D eigenvalue weighted by molar-refractivity contribution is 0.0261. The molecule has 0 radical (unpaired) electrons. The Bertz CT molecular complexity index is 739. The Hall–Kier alpha value is -1.91. The van der Waals surface area contributed by atoms with Gasteiger partial charge in [-0.15, -0.1) is 16.7 Å². The smallest absolute Gasteiger partial charge is 0.178 e. The van der Waals surface area contributed by atoms with Gasteiger partial charge in [0.1, 0.15) is 5.52 Å². The summed E-state index contributed by atoms with van der Waals surface area (Å²) in [4.78, 5) is 0. The predicted octanol–water partition coefficient (Wildman–Crippen LogP) is 3.93. The zero-order valence-electron chi connectivity index (χ0n) is 12.4. The lowest BCUT2D eigenvalue weighted by atomic mass is 10.1. The normalized spacial score (nSPS) is 12.6. The number of nitrogens with zero attached hydrogens (tertiary/aromatic N) is 3. The maximum absolute atomic E-state index is 6.04. The minimum atomic E-state index is -0.295. The SMILES string of the molecule is Cc1ccc(C(OCCCCl)n2nnc3ccccc32)cc1. The van der Waals surface area contributed by atoms with Gasteiger partial charge in [-0.1, -0.05) is 47.2 Å². The zero-order chi connectivity index (χ0) is 15.4. The average Bonchev–Trinajstić information content (AvgIpc) is 2.97. The minimum Gasteiger partial charge on any atom is -0.352 e. The molecule has 0 N–H and O–H groups in total. The van der Waals surface area contributed by atoms with E-state index in [-0.39, 0.29) is 6.23 Å². The molecule has 2 aromatic carbocycles. The van der Waals surface area contributed by atoms with Crippen LogP contribution in [0.3, 0.4) is 0 Å². The van der Waals surface area contributed by atoms with E-state index < -0.39 is 0 Å². The van der Waals surface area contributed by atoms with Crippen molar-refractivity contribution in [2.45, 2.75) is 19.6 Å². The van der Waals surface area contributed by atoms with Crippen molar-refractivity contribution in [3.05, 3.63) is 59.7 Å². The summed E-state index contributed by atoms with van der Waals surface area (Å²) in [7, 11) is 0. The summed E-state index contributed by atoms with van der Waals surface area (Å²) in [6, 6.07) is 16.2. The molecule has 5 heteroatoms. The van der Waals surface area contributed by atoms with Crippen molar-refractivity contribution < 1.29 is 4.74 Å². The Morgan fingerprint density at radius 1 is 1.14 bits per heavy atom. The number of halogens is 1. The highest BCUT2D eigenvalue weighted by Crippen LogP contribution is 2.24. The van der Waals surface area contributed by atoms with Crippen LogP contribution in [-0.2, 0) is 4.74 Å². The molecule has 3 aromatic rings. The van der Waals surface area contributed by atoms with Crippen LogP contribution in [-0.4, -0.2) is 27.5 Å². The molecule has 0 aliphatic heterocycles. The van der Waals surface area contributed by atoms with E-state index in [9.17, 15) is 0 Å². The molecule has 114 valence electrons. The fourth-order valence-corrected chi connectivity index (χ4v) is 2.46. The molecular formula is C17H18ClN3O. The molecule has 0 saturated heterocycles. The number of benzene rings is 2. The van der Waals surface area contributed by atoms with Crippen molar-refractivity contribution in [3.63, 3.8) is 0 Å². The van der Waals surface area contributed by atoms with Crippen molar-refractivity contribution in [3.8, 4) is 0 Å². The van der Waals surface area contributed by atoms with E-state index in [0.717, 1.165) is 23.0 Å². The minimum absolute atomic E-state index is 0.295. The number of fused-ring (bicyclic) bond motifs is 1. The topological polar surface area (TPSA) is 39.9 Å². The van der Waals surface area contributed by atoms with Crippen LogP contribution in [0.1, 0.15) is 23.8 Å². The Morgan fingerprint density at radius 3 is 2.68 bits per heavy atom. The third-order valence-electron chi connectivity index (χ3n) is 3.52. The standard InChI is InChI=1S/C17H18ClN3O/c1-13-7-9-14(10-8-13)17(22-12-4-11-18)21-16-6-3-2-5-15(16)19-20-21/h2-3,5-10,17H,4,11-12H2,1H3. The largest absolute Gasteiger partial charge is 0.352 e. The fourth-order valence-electron chi connectivity index (χ4n) is 2.35. The van der Waals surface area contributed by atoms with Crippen molar-refractivity contribution in [2.75, 3.05) is 12.5 Å². The van der Waals surface area contributed by atoms with Gasteiger partial charge in [-0.05, 0) is 25.5 Å². The summed E-state index contributed by atoms with van der Waals surface area (Å²) in [6.45, 7) is 2.65. The van der Waals surface area contributed by atoms with E-state index in [1.807, 2.05) is 28.9 Å². The van der Waals surface area contributed by atoms with Crippen LogP contribution >= 0.6 is 11.6 Å². The Balaban J connectivity index is 1.98. The second kappa shape index (κ2) is 6.90. The van der Waals surface area contributed by atoms with Gasteiger partial charge in [0.2, 0.25) is 0 Å². The van der Waals surface area contributed by atoms with E-state index in [1.165, 1.54) is 5.56 Å². The second-order valence-corrected chi connectivity index (χ2v) is 5.58. The third kappa shape index (κ3) is 3.13. The number of ether oxygens (including phenoxy) is 1. The third-order valence-corrected chi connectivity index (χ3v) is 3.78. The van der Waals surface area contributed by atoms with Crippen molar-refractivity contribution in [1.82, 2.24) is 15.0 Å². The van der Waals surface area contributed by atoms with Crippen LogP contribution < -0.4 is 0 Å². The molecule has 0 aliphatic carbocycles. The summed E-state index contributed by atoms with van der Waals surface area (Å²) < 4.78 is 7.86. The monoisotopic (exact) mass is 315 g/mol. The van der Waals surface area contributed by atoms with Gasteiger partial charge < -0.3 is 4.74 Å². The molecule has 0 amide bonds. The highest BCUT2D eigenvalue weighted by atomic mass is 35.5. The predicted molar refractivity (Wildman–Crippen MR) is 88.1 cm³/mol. The number of rotatable bonds is 6. The molecule has 3 rings (SSSR count). The maximum atomic E-state index is 6.04. The number of aromatic nitrogens is 3. The van der Waals surface area contributed by atoms with Gasteiger partial charge in [-0.25, -0.2) is 4.68 Å². The van der Waals surface area contributed by atoms with E-state index in [0.29, 0.717) is 12.5 Å². The summed E-state index contributed by atoms with van der Waals surface area (Å²) in [5.41, 5.74) is 4.09. The molecule has 0 aliphatic rings. The highest BCUT2D eigenvalue weighted by molar-refractivity contribution is 6.17. The van der Waals surface area contributed by atoms with Crippen molar-refractivity contribution in [1.29, 1.82) is 0 Å². The van der Waals surface area contributed by atoms with E-state index in [2.05, 4.69) is 41.5 Å². The first-order valence-corrected chi connectivity index (χ1v) is 7.87. The lowest BCUT2D eigenvalue weighted by Gasteiger charge is -2.19. The highest BCUT2D eigenvalue weighted by Gasteiger charge is 2.18. The number of aryl methyl sites for hydroxylation is 1. The number of hydrogen-bond acceptors (Lipinski definition) is 3. The maximum Gasteiger partial charge on any atom is 0.178 e. The van der Waals surface area contributed by atoms with Crippen molar-refractivity contribution >= 4 is 22.6 Å². The Morgan fingerprint density at radius 2 is 1.91 bits per heavy atom. The molecule has 22 heavy (non-hydrogen) atoms. The Kier molecular flexibility index (Phi) is 4.71. The number of alkyl halides is 1. The van der Waals surface area contributed by atoms with Gasteiger partial charge in [0.15, 0.2) is 6.23 Å². The molecule has 0 fully saturated rings. The lowest BCUT2D eigenvalue weighted by Crippen LogP contribution is -2.17. The molecule has 1 aromatic heterocycles. The summed E-state index contributed by atoms with van der Waals surface area (Å²) in [5, 5.41) is 8.50. The Labute approximate surface area is 134 Å². The molecule has 0 spiro atoms. The first kappa shape index (κ1) is 15.0. The van der Waals surface area contributed by atoms with Crippen LogP contribution in [0.25, 0.3) is 11.0 Å². The van der Waals surface area contributed by atoms with Gasteiger partial charge >= 0.3 is 0 Å². The quantitative estimate of drug-likeness (QED) is 0.511. The van der Waals surface area contributed by atoms with E-state index in [4.69, 9.17) is 16.3 Å². The summed E-state index contributed by atoms with van der Waals surface area (Å²) >= 11 is 5.76. The first-order chi connectivity index (χ1) is 10.8. The fraction of sp³-hybridized carbons (Fsp3) is 0.294. The van der Waals surface area contributed by atoms with Crippen LogP contribution in [0, 0.1) is 6.92 Å². The van der Waals surface area contributed by atoms with E-state index >= 15 is 0 Å². The van der Waals surface area contributed by atoms with Gasteiger partial charge in [-0.2, -0.15) is 0 Å². The molecule has 1 heterocycles. The first-order valence-electron chi connectivity index (χ1n) is 7.33. The molecule has 0 bridgehead atoms. The number of hydrogen-bond donors (Lipinski definition) is 0. The van der Waals surface area contributed by atoms with Crippen LogP contribution in [0.15, 0.2) is 48.5 Å². The molecule has 1 atom stereocenters. The van der Waals surface area contributed by atoms with Gasteiger partial charge in [0.25, 0.3) is 0 Å².